The van der Waals surface area contributed by atoms with Crippen LogP contribution in [0.3, 0.4) is 0 Å². The largest absolute Gasteiger partial charge is 0.363 e. The minimum atomic E-state index is -0.0531. The van der Waals surface area contributed by atoms with Crippen LogP contribution in [0.4, 0.5) is 0 Å². The molecule has 3 nitrogen and oxygen atoms in total. The molecule has 2 N–H and O–H groups in total. The lowest BCUT2D eigenvalue weighted by Crippen LogP contribution is -2.26. The molecule has 82 valence electrons. The van der Waals surface area contributed by atoms with Crippen LogP contribution in [-0.2, 0) is 0 Å². The molecule has 1 heterocycles. The quantitative estimate of drug-likeness (QED) is 0.810. The van der Waals surface area contributed by atoms with Crippen molar-refractivity contribution in [2.45, 2.75) is 13.0 Å². The number of hydrogen-bond acceptors (Lipinski definition) is 1. The third kappa shape index (κ3) is 2.31. The Morgan fingerprint density at radius 1 is 1.19 bits per heavy atom. The lowest BCUT2D eigenvalue weighted by Gasteiger charge is -2.12. The summed E-state index contributed by atoms with van der Waals surface area (Å²) in [7, 11) is 0. The second kappa shape index (κ2) is 4.66. The van der Waals surface area contributed by atoms with Gasteiger partial charge in [-0.05, 0) is 31.2 Å². The van der Waals surface area contributed by atoms with Crippen LogP contribution >= 0.6 is 0 Å². The van der Waals surface area contributed by atoms with Crippen molar-refractivity contribution in [1.29, 1.82) is 0 Å². The molecule has 1 aromatic heterocycles. The first kappa shape index (κ1) is 10.5. The first-order valence-corrected chi connectivity index (χ1v) is 5.26. The molecule has 0 fully saturated rings. The van der Waals surface area contributed by atoms with E-state index in [2.05, 4.69) is 10.3 Å². The van der Waals surface area contributed by atoms with Crippen molar-refractivity contribution in [3.8, 4) is 0 Å². The van der Waals surface area contributed by atoms with Crippen molar-refractivity contribution >= 4 is 5.91 Å². The van der Waals surface area contributed by atoms with E-state index >= 15 is 0 Å². The second-order valence-corrected chi connectivity index (χ2v) is 3.69. The van der Waals surface area contributed by atoms with E-state index in [1.54, 1.807) is 12.1 Å². The number of aromatic nitrogens is 1. The van der Waals surface area contributed by atoms with Gasteiger partial charge in [0.1, 0.15) is 0 Å². The molecule has 1 amide bonds. The zero-order valence-corrected chi connectivity index (χ0v) is 9.10. The molecule has 0 aliphatic carbocycles. The van der Waals surface area contributed by atoms with Gasteiger partial charge in [0, 0.05) is 17.5 Å². The zero-order chi connectivity index (χ0) is 11.4. The molecule has 1 atom stereocenters. The van der Waals surface area contributed by atoms with Crippen LogP contribution in [-0.4, -0.2) is 10.9 Å². The van der Waals surface area contributed by atoms with Crippen molar-refractivity contribution in [1.82, 2.24) is 10.3 Å². The van der Waals surface area contributed by atoms with E-state index in [1.807, 2.05) is 43.5 Å². The maximum atomic E-state index is 11.8. The fourth-order valence-electron chi connectivity index (χ4n) is 1.56. The molecule has 0 unspecified atom stereocenters. The Labute approximate surface area is 94.5 Å². The maximum Gasteiger partial charge on any atom is 0.251 e. The summed E-state index contributed by atoms with van der Waals surface area (Å²) in [4.78, 5) is 14.9. The van der Waals surface area contributed by atoms with E-state index in [0.717, 1.165) is 5.69 Å². The molecule has 1 aromatic carbocycles. The van der Waals surface area contributed by atoms with E-state index < -0.39 is 0 Å². The Bertz CT molecular complexity index is 448. The minimum Gasteiger partial charge on any atom is -0.363 e. The highest BCUT2D eigenvalue weighted by atomic mass is 16.1. The van der Waals surface area contributed by atoms with Gasteiger partial charge in [-0.1, -0.05) is 18.2 Å². The van der Waals surface area contributed by atoms with Crippen LogP contribution in [0.15, 0.2) is 48.7 Å². The Morgan fingerprint density at radius 2 is 1.94 bits per heavy atom. The van der Waals surface area contributed by atoms with Gasteiger partial charge >= 0.3 is 0 Å². The molecule has 0 saturated carbocycles. The second-order valence-electron chi connectivity index (χ2n) is 3.69. The van der Waals surface area contributed by atoms with Crippen LogP contribution < -0.4 is 5.32 Å². The summed E-state index contributed by atoms with van der Waals surface area (Å²) < 4.78 is 0. The summed E-state index contributed by atoms with van der Waals surface area (Å²) in [5.41, 5.74) is 1.69. The summed E-state index contributed by atoms with van der Waals surface area (Å²) in [5.74, 6) is -0.0531. The predicted octanol–water partition coefficient (Wildman–Crippen LogP) is 2.51. The molecule has 2 aromatic rings. The van der Waals surface area contributed by atoms with Crippen LogP contribution in [0.5, 0.6) is 0 Å². The number of benzene rings is 1. The number of carbonyl (C=O) groups excluding carboxylic acids is 1. The Morgan fingerprint density at radius 3 is 2.56 bits per heavy atom. The fraction of sp³-hybridized carbons (Fsp3) is 0.154. The topological polar surface area (TPSA) is 44.9 Å². The molecule has 16 heavy (non-hydrogen) atoms. The van der Waals surface area contributed by atoms with Crippen LogP contribution in [0.2, 0.25) is 0 Å². The van der Waals surface area contributed by atoms with E-state index in [-0.39, 0.29) is 11.9 Å². The Kier molecular flexibility index (Phi) is 3.05. The number of nitrogens with one attached hydrogen (secondary N) is 2. The highest BCUT2D eigenvalue weighted by Crippen LogP contribution is 2.10. The van der Waals surface area contributed by atoms with Gasteiger partial charge in [-0.3, -0.25) is 4.79 Å². The maximum absolute atomic E-state index is 11.8. The van der Waals surface area contributed by atoms with E-state index in [0.29, 0.717) is 5.56 Å². The minimum absolute atomic E-state index is 0.0114. The van der Waals surface area contributed by atoms with Gasteiger partial charge in [-0.25, -0.2) is 0 Å². The number of aromatic amines is 1. The van der Waals surface area contributed by atoms with Gasteiger partial charge in [0.25, 0.3) is 5.91 Å². The Hall–Kier alpha value is -2.03. The number of hydrogen-bond donors (Lipinski definition) is 2. The molecule has 0 spiro atoms. The van der Waals surface area contributed by atoms with Crippen LogP contribution in [0, 0.1) is 0 Å². The fourth-order valence-corrected chi connectivity index (χ4v) is 1.56. The molecule has 3 heteroatoms. The summed E-state index contributed by atoms with van der Waals surface area (Å²) in [6.07, 6.45) is 1.85. The van der Waals surface area contributed by atoms with Crippen molar-refractivity contribution < 1.29 is 4.79 Å². The lowest BCUT2D eigenvalue weighted by molar-refractivity contribution is 0.0939. The number of carbonyl (C=O) groups is 1. The highest BCUT2D eigenvalue weighted by Gasteiger charge is 2.10. The van der Waals surface area contributed by atoms with Gasteiger partial charge in [0.2, 0.25) is 0 Å². The van der Waals surface area contributed by atoms with Crippen LogP contribution in [0.1, 0.15) is 29.0 Å². The summed E-state index contributed by atoms with van der Waals surface area (Å²) in [6, 6.07) is 13.1. The highest BCUT2D eigenvalue weighted by molar-refractivity contribution is 5.94. The molecule has 0 aliphatic heterocycles. The third-order valence-corrected chi connectivity index (χ3v) is 2.47. The van der Waals surface area contributed by atoms with Crippen molar-refractivity contribution in [3.05, 3.63) is 59.9 Å². The van der Waals surface area contributed by atoms with Crippen LogP contribution in [0.25, 0.3) is 0 Å². The van der Waals surface area contributed by atoms with Gasteiger partial charge < -0.3 is 10.3 Å². The molecule has 2 rings (SSSR count). The molecule has 0 radical (unpaired) electrons. The summed E-state index contributed by atoms with van der Waals surface area (Å²) in [6.45, 7) is 1.95. The smallest absolute Gasteiger partial charge is 0.251 e. The first-order valence-electron chi connectivity index (χ1n) is 5.26. The van der Waals surface area contributed by atoms with Gasteiger partial charge in [-0.15, -0.1) is 0 Å². The van der Waals surface area contributed by atoms with Gasteiger partial charge in [-0.2, -0.15) is 0 Å². The average molecular weight is 214 g/mol. The average Bonchev–Trinajstić information content (AvgIpc) is 2.83. The van der Waals surface area contributed by atoms with E-state index in [4.69, 9.17) is 0 Å². The molecule has 0 bridgehead atoms. The number of rotatable bonds is 3. The summed E-state index contributed by atoms with van der Waals surface area (Å²) >= 11 is 0. The molecular weight excluding hydrogens is 200 g/mol. The molecule has 0 saturated heterocycles. The standard InChI is InChI=1S/C13H14N2O/c1-10(12-8-5-9-14-12)15-13(16)11-6-3-2-4-7-11/h2-10,14H,1H3,(H,15,16)/t10-/m1/s1. The van der Waals surface area contributed by atoms with Gasteiger partial charge in [0.05, 0.1) is 6.04 Å². The van der Waals surface area contributed by atoms with Gasteiger partial charge in [0.15, 0.2) is 0 Å². The number of H-pyrrole nitrogens is 1. The SMILES string of the molecule is C[C@@H](NC(=O)c1ccccc1)c1ccc[nH]1. The van der Waals surface area contributed by atoms with E-state index in [1.165, 1.54) is 0 Å². The van der Waals surface area contributed by atoms with Crippen molar-refractivity contribution in [3.63, 3.8) is 0 Å². The van der Waals surface area contributed by atoms with Crippen molar-refractivity contribution in [2.75, 3.05) is 0 Å². The Balaban J connectivity index is 2.03. The zero-order valence-electron chi connectivity index (χ0n) is 9.10. The molecule has 0 aliphatic rings. The molecular formula is C13H14N2O. The predicted molar refractivity (Wildman–Crippen MR) is 63.1 cm³/mol. The number of amides is 1. The van der Waals surface area contributed by atoms with E-state index in [9.17, 15) is 4.79 Å². The first-order chi connectivity index (χ1) is 7.77. The normalized spacial score (nSPS) is 12.1. The third-order valence-electron chi connectivity index (χ3n) is 2.47. The lowest BCUT2D eigenvalue weighted by atomic mass is 10.2. The summed E-state index contributed by atoms with van der Waals surface area (Å²) in [5, 5.41) is 2.93. The monoisotopic (exact) mass is 214 g/mol. The van der Waals surface area contributed by atoms with Crippen molar-refractivity contribution in [2.24, 2.45) is 0 Å².